The van der Waals surface area contributed by atoms with E-state index in [1.165, 1.54) is 7.11 Å². The summed E-state index contributed by atoms with van der Waals surface area (Å²) in [4.78, 5) is 26.3. The average molecular weight is 517 g/mol. The summed E-state index contributed by atoms with van der Waals surface area (Å²) in [6.45, 7) is 3.77. The van der Waals surface area contributed by atoms with Crippen LogP contribution >= 0.6 is 22.6 Å². The van der Waals surface area contributed by atoms with Crippen molar-refractivity contribution in [2.24, 2.45) is 0 Å². The summed E-state index contributed by atoms with van der Waals surface area (Å²) in [6, 6.07) is 10.8. The number of rotatable bonds is 4. The first-order chi connectivity index (χ1) is 14.4. The van der Waals surface area contributed by atoms with Crippen molar-refractivity contribution in [1.82, 2.24) is 5.32 Å². The number of nitrogens with one attached hydrogen (secondary N) is 1. The van der Waals surface area contributed by atoms with Crippen molar-refractivity contribution < 1.29 is 24.2 Å². The van der Waals surface area contributed by atoms with E-state index in [0.717, 1.165) is 5.56 Å². The number of benzene rings is 2. The van der Waals surface area contributed by atoms with Crippen LogP contribution in [0.2, 0.25) is 0 Å². The van der Waals surface area contributed by atoms with Crippen LogP contribution in [-0.2, 0) is 9.53 Å². The highest BCUT2D eigenvalue weighted by Gasteiger charge is 2.43. The summed E-state index contributed by atoms with van der Waals surface area (Å²) >= 11 is 2.01. The maximum atomic E-state index is 13.4. The predicted molar refractivity (Wildman–Crippen MR) is 120 cm³/mol. The highest BCUT2D eigenvalue weighted by atomic mass is 127. The van der Waals surface area contributed by atoms with E-state index in [2.05, 4.69) is 5.32 Å². The molecule has 2 aromatic rings. The lowest BCUT2D eigenvalue weighted by molar-refractivity contribution is -0.138. The Hall–Kier alpha value is -2.81. The number of carbonyl (C=O) groups is 2. The number of hydrogen-bond acceptors (Lipinski definition) is 6. The zero-order valence-electron chi connectivity index (χ0n) is 16.7. The molecule has 2 aromatic carbocycles. The van der Waals surface area contributed by atoms with Crippen LogP contribution in [0.15, 0.2) is 53.2 Å². The molecule has 0 unspecified atom stereocenters. The van der Waals surface area contributed by atoms with Crippen LogP contribution in [0.5, 0.6) is 11.5 Å². The number of halogens is 1. The van der Waals surface area contributed by atoms with E-state index >= 15 is 0 Å². The molecule has 0 fully saturated rings. The van der Waals surface area contributed by atoms with Crippen molar-refractivity contribution in [3.63, 3.8) is 0 Å². The van der Waals surface area contributed by atoms with E-state index < -0.39 is 11.9 Å². The topological polar surface area (TPSA) is 84.9 Å². The number of aromatic hydroxyl groups is 1. The van der Waals surface area contributed by atoms with Gasteiger partial charge in [-0.1, -0.05) is 24.3 Å². The molecule has 0 saturated carbocycles. The van der Waals surface area contributed by atoms with Gasteiger partial charge in [-0.3, -0.25) is 4.79 Å². The molecule has 154 valence electrons. The number of phenols is 1. The molecule has 0 saturated heterocycles. The normalized spacial score (nSPS) is 17.5. The van der Waals surface area contributed by atoms with Crippen molar-refractivity contribution in [1.29, 1.82) is 0 Å². The molecule has 0 amide bonds. The summed E-state index contributed by atoms with van der Waals surface area (Å²) in [5, 5.41) is 13.5. The van der Waals surface area contributed by atoms with Crippen LogP contribution in [0.4, 0.5) is 0 Å². The van der Waals surface area contributed by atoms with Crippen molar-refractivity contribution >= 4 is 40.0 Å². The minimum absolute atomic E-state index is 0.0180. The predicted octanol–water partition coefficient (Wildman–Crippen LogP) is 4.14. The zero-order chi connectivity index (χ0) is 21.6. The lowest BCUT2D eigenvalue weighted by Gasteiger charge is -2.29. The molecule has 0 radical (unpaired) electrons. The molecule has 1 aliphatic carbocycles. The number of ether oxygens (including phenoxy) is 2. The third-order valence-electron chi connectivity index (χ3n) is 5.35. The molecule has 30 heavy (non-hydrogen) atoms. The van der Waals surface area contributed by atoms with Crippen LogP contribution in [-0.4, -0.2) is 30.6 Å². The average Bonchev–Trinajstić information content (AvgIpc) is 3.01. The number of ketones is 1. The van der Waals surface area contributed by atoms with Crippen molar-refractivity contribution in [3.05, 3.63) is 73.5 Å². The van der Waals surface area contributed by atoms with E-state index in [1.54, 1.807) is 32.0 Å². The largest absolute Gasteiger partial charge is 0.504 e. The SMILES string of the molecule is CCOC(=O)C1=C(C)NC2=C(C(=O)c3ccccc32)[C@@H]1c1cc(I)c(O)c(OC)c1. The maximum Gasteiger partial charge on any atom is 0.336 e. The number of allylic oxidation sites excluding steroid dienone is 2. The van der Waals surface area contributed by atoms with E-state index in [0.29, 0.717) is 37.2 Å². The van der Waals surface area contributed by atoms with E-state index in [-0.39, 0.29) is 23.9 Å². The molecule has 6 nitrogen and oxygen atoms in total. The van der Waals surface area contributed by atoms with Crippen molar-refractivity contribution in [2.75, 3.05) is 13.7 Å². The number of methoxy groups -OCH3 is 1. The van der Waals surface area contributed by atoms with Gasteiger partial charge in [-0.05, 0) is 54.1 Å². The minimum atomic E-state index is -0.650. The number of carbonyl (C=O) groups excluding carboxylic acids is 2. The third-order valence-corrected chi connectivity index (χ3v) is 6.17. The number of phenolic OH excluding ortho intramolecular Hbond substituents is 1. The molecular formula is C23H20INO5. The molecule has 2 N–H and O–H groups in total. The van der Waals surface area contributed by atoms with Gasteiger partial charge in [0.2, 0.25) is 0 Å². The molecule has 0 aromatic heterocycles. The Morgan fingerprint density at radius 3 is 2.60 bits per heavy atom. The Kier molecular flexibility index (Phi) is 5.31. The number of hydrogen-bond donors (Lipinski definition) is 2. The van der Waals surface area contributed by atoms with Gasteiger partial charge >= 0.3 is 5.97 Å². The van der Waals surface area contributed by atoms with Gasteiger partial charge in [-0.15, -0.1) is 0 Å². The molecular weight excluding hydrogens is 497 g/mol. The quantitative estimate of drug-likeness (QED) is 0.469. The van der Waals surface area contributed by atoms with Crippen LogP contribution in [0.1, 0.15) is 41.3 Å². The number of esters is 1. The van der Waals surface area contributed by atoms with E-state index in [9.17, 15) is 14.7 Å². The maximum absolute atomic E-state index is 13.4. The zero-order valence-corrected chi connectivity index (χ0v) is 18.9. The van der Waals surface area contributed by atoms with Crippen molar-refractivity contribution in [2.45, 2.75) is 19.8 Å². The standard InChI is InChI=1S/C23H20INO5/c1-4-30-23(28)17-11(2)25-20-13-7-5-6-8-14(13)21(26)19(20)18(17)12-9-15(24)22(27)16(10-12)29-3/h5-10,18,25,27H,4H2,1-3H3/t18-/m1/s1. The fraction of sp³-hybridized carbons (Fsp3) is 0.217. The summed E-state index contributed by atoms with van der Waals surface area (Å²) in [5.74, 6) is -0.965. The van der Waals surface area contributed by atoms with E-state index in [4.69, 9.17) is 9.47 Å². The number of dihydropyridines is 1. The van der Waals surface area contributed by atoms with Gasteiger partial charge in [0.05, 0.1) is 28.6 Å². The van der Waals surface area contributed by atoms with Crippen LogP contribution in [0.25, 0.3) is 5.70 Å². The first kappa shape index (κ1) is 20.5. The lowest BCUT2D eigenvalue weighted by Crippen LogP contribution is -2.29. The summed E-state index contributed by atoms with van der Waals surface area (Å²) < 4.78 is 11.2. The van der Waals surface area contributed by atoms with Gasteiger partial charge in [0.1, 0.15) is 0 Å². The molecule has 0 bridgehead atoms. The van der Waals surface area contributed by atoms with Gasteiger partial charge < -0.3 is 19.9 Å². The molecule has 1 atom stereocenters. The molecule has 7 heteroatoms. The molecule has 1 heterocycles. The number of fused-ring (bicyclic) bond motifs is 2. The fourth-order valence-corrected chi connectivity index (χ4v) is 4.68. The van der Waals surface area contributed by atoms with Gasteiger partial charge in [0.25, 0.3) is 0 Å². The Bertz CT molecular complexity index is 1150. The van der Waals surface area contributed by atoms with Crippen LogP contribution in [0.3, 0.4) is 0 Å². The van der Waals surface area contributed by atoms with Gasteiger partial charge in [-0.25, -0.2) is 4.79 Å². The molecule has 4 rings (SSSR count). The Balaban J connectivity index is 1.97. The van der Waals surface area contributed by atoms with Gasteiger partial charge in [-0.2, -0.15) is 0 Å². The lowest BCUT2D eigenvalue weighted by atomic mass is 9.79. The van der Waals surface area contributed by atoms with Crippen LogP contribution < -0.4 is 10.1 Å². The highest BCUT2D eigenvalue weighted by molar-refractivity contribution is 14.1. The van der Waals surface area contributed by atoms with Gasteiger partial charge in [0, 0.05) is 28.3 Å². The molecule has 0 spiro atoms. The van der Waals surface area contributed by atoms with Crippen molar-refractivity contribution in [3.8, 4) is 11.5 Å². The van der Waals surface area contributed by atoms with Crippen LogP contribution in [0, 0.1) is 3.57 Å². The van der Waals surface area contributed by atoms with E-state index in [1.807, 2.05) is 40.8 Å². The number of Topliss-reactive ketones (excluding diaryl/α,β-unsaturated/α-hetero) is 1. The minimum Gasteiger partial charge on any atom is -0.504 e. The summed E-state index contributed by atoms with van der Waals surface area (Å²) in [5.41, 5.74) is 4.28. The Morgan fingerprint density at radius 2 is 1.93 bits per heavy atom. The second-order valence-electron chi connectivity index (χ2n) is 7.03. The first-order valence-electron chi connectivity index (χ1n) is 9.48. The Labute approximate surface area is 187 Å². The highest BCUT2D eigenvalue weighted by Crippen LogP contribution is 2.48. The fourth-order valence-electron chi connectivity index (χ4n) is 4.06. The smallest absolute Gasteiger partial charge is 0.336 e. The third kappa shape index (κ3) is 3.08. The second kappa shape index (κ2) is 7.79. The Morgan fingerprint density at radius 1 is 1.23 bits per heavy atom. The monoisotopic (exact) mass is 517 g/mol. The second-order valence-corrected chi connectivity index (χ2v) is 8.20. The van der Waals surface area contributed by atoms with Gasteiger partial charge in [0.15, 0.2) is 17.3 Å². The molecule has 2 aliphatic rings. The summed E-state index contributed by atoms with van der Waals surface area (Å²) in [6.07, 6.45) is 0. The molecule has 1 aliphatic heterocycles. The first-order valence-corrected chi connectivity index (χ1v) is 10.6. The summed E-state index contributed by atoms with van der Waals surface area (Å²) in [7, 11) is 1.46.